The van der Waals surface area contributed by atoms with E-state index in [9.17, 15) is 9.59 Å². The highest BCUT2D eigenvalue weighted by atomic mass is 16.2. The van der Waals surface area contributed by atoms with Crippen LogP contribution >= 0.6 is 0 Å². The predicted molar refractivity (Wildman–Crippen MR) is 82.7 cm³/mol. The van der Waals surface area contributed by atoms with Crippen molar-refractivity contribution < 1.29 is 9.59 Å². The number of rotatable bonds is 4. The minimum Gasteiger partial charge on any atom is -0.356 e. The van der Waals surface area contributed by atoms with Crippen molar-refractivity contribution in [1.29, 1.82) is 0 Å². The first-order valence-corrected chi connectivity index (χ1v) is 7.64. The Morgan fingerprint density at radius 2 is 2.00 bits per heavy atom. The molecule has 2 amide bonds. The lowest BCUT2D eigenvalue weighted by Crippen LogP contribution is -2.46. The van der Waals surface area contributed by atoms with E-state index in [2.05, 4.69) is 5.32 Å². The first kappa shape index (κ1) is 15.5. The van der Waals surface area contributed by atoms with Crippen molar-refractivity contribution in [2.45, 2.75) is 39.2 Å². The highest BCUT2D eigenvalue weighted by molar-refractivity contribution is 5.84. The Kier molecular flexibility index (Phi) is 4.99. The molecule has 4 nitrogen and oxygen atoms in total. The Labute approximate surface area is 126 Å². The second-order valence-electron chi connectivity index (χ2n) is 5.80. The lowest BCUT2D eigenvalue weighted by Gasteiger charge is -2.38. The Morgan fingerprint density at radius 1 is 1.33 bits per heavy atom. The number of likely N-dealkylation sites (tertiary alicyclic amines) is 1. The molecule has 0 saturated carbocycles. The molecule has 4 heteroatoms. The maximum Gasteiger partial charge on any atom is 0.225 e. The molecule has 2 atom stereocenters. The maximum absolute atomic E-state index is 12.4. The van der Waals surface area contributed by atoms with Crippen LogP contribution in [0.4, 0.5) is 0 Å². The standard InChI is InChI=1S/C17H24N2O2/c1-4-11-18-17(21)14-9-10-15(20)19(3)16(14)13-7-5-12(2)6-8-13/h5-8,14,16H,4,9-11H2,1-3H3,(H,18,21)/t14-,16-/m0/s1. The van der Waals surface area contributed by atoms with Crippen molar-refractivity contribution in [3.05, 3.63) is 35.4 Å². The zero-order chi connectivity index (χ0) is 15.4. The average molecular weight is 288 g/mol. The molecule has 1 aromatic rings. The Hall–Kier alpha value is -1.84. The van der Waals surface area contributed by atoms with Gasteiger partial charge in [0.15, 0.2) is 0 Å². The van der Waals surface area contributed by atoms with Crippen LogP contribution in [0.3, 0.4) is 0 Å². The summed E-state index contributed by atoms with van der Waals surface area (Å²) in [4.78, 5) is 26.2. The van der Waals surface area contributed by atoms with Crippen LogP contribution < -0.4 is 5.32 Å². The van der Waals surface area contributed by atoms with Crippen LogP contribution in [0.5, 0.6) is 0 Å². The predicted octanol–water partition coefficient (Wildman–Crippen LogP) is 2.43. The summed E-state index contributed by atoms with van der Waals surface area (Å²) in [6.07, 6.45) is 1.99. The minimum absolute atomic E-state index is 0.0572. The molecule has 0 aromatic heterocycles. The summed E-state index contributed by atoms with van der Waals surface area (Å²) in [7, 11) is 1.80. The fourth-order valence-electron chi connectivity index (χ4n) is 2.91. The van der Waals surface area contributed by atoms with Gasteiger partial charge in [-0.15, -0.1) is 0 Å². The summed E-state index contributed by atoms with van der Waals surface area (Å²) in [5, 5.41) is 2.97. The van der Waals surface area contributed by atoms with Crippen LogP contribution in [-0.2, 0) is 9.59 Å². The van der Waals surface area contributed by atoms with Gasteiger partial charge in [-0.2, -0.15) is 0 Å². The molecule has 0 aliphatic carbocycles. The summed E-state index contributed by atoms with van der Waals surface area (Å²) in [6, 6.07) is 7.94. The van der Waals surface area contributed by atoms with E-state index in [1.54, 1.807) is 11.9 Å². The molecule has 0 unspecified atom stereocenters. The Bertz CT molecular complexity index is 510. The Balaban J connectivity index is 2.26. The van der Waals surface area contributed by atoms with Crippen LogP contribution in [0.15, 0.2) is 24.3 Å². The van der Waals surface area contributed by atoms with E-state index in [0.29, 0.717) is 19.4 Å². The van der Waals surface area contributed by atoms with E-state index >= 15 is 0 Å². The van der Waals surface area contributed by atoms with Gasteiger partial charge in [0.2, 0.25) is 11.8 Å². The largest absolute Gasteiger partial charge is 0.356 e. The highest BCUT2D eigenvalue weighted by Crippen LogP contribution is 2.35. The molecule has 2 rings (SSSR count). The van der Waals surface area contributed by atoms with E-state index in [1.807, 2.05) is 38.1 Å². The molecule has 0 radical (unpaired) electrons. The number of hydrogen-bond acceptors (Lipinski definition) is 2. The lowest BCUT2D eigenvalue weighted by atomic mass is 9.83. The summed E-state index contributed by atoms with van der Waals surface area (Å²) >= 11 is 0. The zero-order valence-corrected chi connectivity index (χ0v) is 13.1. The van der Waals surface area contributed by atoms with Crippen LogP contribution in [-0.4, -0.2) is 30.3 Å². The molecule has 1 fully saturated rings. The number of piperidine rings is 1. The normalized spacial score (nSPS) is 22.2. The first-order chi connectivity index (χ1) is 10.0. The number of nitrogens with one attached hydrogen (secondary N) is 1. The molecular formula is C17H24N2O2. The van der Waals surface area contributed by atoms with E-state index in [0.717, 1.165) is 12.0 Å². The topological polar surface area (TPSA) is 49.4 Å². The molecule has 1 heterocycles. The highest BCUT2D eigenvalue weighted by Gasteiger charge is 2.38. The van der Waals surface area contributed by atoms with Gasteiger partial charge in [0, 0.05) is 20.0 Å². The van der Waals surface area contributed by atoms with Crippen LogP contribution in [0.25, 0.3) is 0 Å². The number of nitrogens with zero attached hydrogens (tertiary/aromatic N) is 1. The summed E-state index contributed by atoms with van der Waals surface area (Å²) < 4.78 is 0. The van der Waals surface area contributed by atoms with Crippen molar-refractivity contribution >= 4 is 11.8 Å². The van der Waals surface area contributed by atoms with Crippen molar-refractivity contribution in [2.75, 3.05) is 13.6 Å². The maximum atomic E-state index is 12.4. The number of benzene rings is 1. The van der Waals surface area contributed by atoms with E-state index in [-0.39, 0.29) is 23.8 Å². The number of amides is 2. The Morgan fingerprint density at radius 3 is 2.62 bits per heavy atom. The molecule has 1 N–H and O–H groups in total. The minimum atomic E-state index is -0.165. The number of carbonyl (C=O) groups excluding carboxylic acids is 2. The van der Waals surface area contributed by atoms with Gasteiger partial charge in [0.1, 0.15) is 0 Å². The van der Waals surface area contributed by atoms with Gasteiger partial charge in [0.25, 0.3) is 0 Å². The second kappa shape index (κ2) is 6.74. The van der Waals surface area contributed by atoms with E-state index < -0.39 is 0 Å². The monoisotopic (exact) mass is 288 g/mol. The van der Waals surface area contributed by atoms with Gasteiger partial charge in [-0.3, -0.25) is 9.59 Å². The van der Waals surface area contributed by atoms with E-state index in [1.165, 1.54) is 5.56 Å². The van der Waals surface area contributed by atoms with Gasteiger partial charge >= 0.3 is 0 Å². The number of aryl methyl sites for hydroxylation is 1. The first-order valence-electron chi connectivity index (χ1n) is 7.64. The SMILES string of the molecule is CCCNC(=O)[C@H]1CCC(=O)N(C)[C@H]1c1ccc(C)cc1. The smallest absolute Gasteiger partial charge is 0.225 e. The molecule has 1 saturated heterocycles. The van der Waals surface area contributed by atoms with Crippen LogP contribution in [0.1, 0.15) is 43.4 Å². The van der Waals surface area contributed by atoms with Gasteiger partial charge in [0.05, 0.1) is 12.0 Å². The van der Waals surface area contributed by atoms with Crippen LogP contribution in [0, 0.1) is 12.8 Å². The fraction of sp³-hybridized carbons (Fsp3) is 0.529. The molecule has 1 aromatic carbocycles. The fourth-order valence-corrected chi connectivity index (χ4v) is 2.91. The quantitative estimate of drug-likeness (QED) is 0.925. The molecule has 0 spiro atoms. The second-order valence-corrected chi connectivity index (χ2v) is 5.80. The van der Waals surface area contributed by atoms with Gasteiger partial charge in [-0.05, 0) is 25.3 Å². The molecule has 114 valence electrons. The average Bonchev–Trinajstić information content (AvgIpc) is 2.48. The van der Waals surface area contributed by atoms with Gasteiger partial charge in [-0.1, -0.05) is 36.8 Å². The number of hydrogen-bond donors (Lipinski definition) is 1. The molecular weight excluding hydrogens is 264 g/mol. The molecule has 1 aliphatic heterocycles. The third kappa shape index (κ3) is 3.43. The van der Waals surface area contributed by atoms with Crippen molar-refractivity contribution in [3.63, 3.8) is 0 Å². The zero-order valence-electron chi connectivity index (χ0n) is 13.1. The molecule has 0 bridgehead atoms. The van der Waals surface area contributed by atoms with E-state index in [4.69, 9.17) is 0 Å². The van der Waals surface area contributed by atoms with Gasteiger partial charge < -0.3 is 10.2 Å². The molecule has 21 heavy (non-hydrogen) atoms. The lowest BCUT2D eigenvalue weighted by molar-refractivity contribution is -0.141. The third-order valence-corrected chi connectivity index (χ3v) is 4.17. The van der Waals surface area contributed by atoms with Crippen molar-refractivity contribution in [2.24, 2.45) is 5.92 Å². The number of carbonyl (C=O) groups is 2. The van der Waals surface area contributed by atoms with Crippen molar-refractivity contribution in [3.8, 4) is 0 Å². The van der Waals surface area contributed by atoms with Gasteiger partial charge in [-0.25, -0.2) is 0 Å². The van der Waals surface area contributed by atoms with Crippen molar-refractivity contribution in [1.82, 2.24) is 10.2 Å². The summed E-state index contributed by atoms with van der Waals surface area (Å²) in [5.41, 5.74) is 2.21. The third-order valence-electron chi connectivity index (χ3n) is 4.17. The summed E-state index contributed by atoms with van der Waals surface area (Å²) in [5.74, 6) is 0.00356. The molecule has 1 aliphatic rings. The van der Waals surface area contributed by atoms with Crippen LogP contribution in [0.2, 0.25) is 0 Å². The summed E-state index contributed by atoms with van der Waals surface area (Å²) in [6.45, 7) is 4.76.